The monoisotopic (exact) mass is 382 g/mol. The minimum atomic E-state index is -0.449. The lowest BCUT2D eigenvalue weighted by Gasteiger charge is -2.04. The molecule has 6 heteroatoms. The number of thiophene rings is 1. The Labute approximate surface area is 157 Å². The first-order valence-electron chi connectivity index (χ1n) is 8.12. The number of aromatic nitrogens is 2. The molecule has 0 amide bonds. The van der Waals surface area contributed by atoms with Gasteiger partial charge in [0, 0.05) is 16.7 Å². The van der Waals surface area contributed by atoms with Crippen molar-refractivity contribution in [2.24, 2.45) is 0 Å². The summed E-state index contributed by atoms with van der Waals surface area (Å²) >= 11 is 2.65. The summed E-state index contributed by atoms with van der Waals surface area (Å²) in [7, 11) is 0. The van der Waals surface area contributed by atoms with Crippen molar-refractivity contribution in [1.82, 2.24) is 9.97 Å². The lowest BCUT2D eigenvalue weighted by molar-refractivity contribution is 0.532. The third-order valence-electron chi connectivity index (χ3n) is 4.04. The van der Waals surface area contributed by atoms with Crippen LogP contribution in [0.25, 0.3) is 32.5 Å². The molecule has 0 fully saturated rings. The minimum Gasteiger partial charge on any atom is -0.301 e. The van der Waals surface area contributed by atoms with Crippen LogP contribution in [-0.4, -0.2) is 22.4 Å². The van der Waals surface area contributed by atoms with Gasteiger partial charge in [-0.15, -0.1) is 11.3 Å². The Balaban J connectivity index is 1.72. The molecule has 0 bridgehead atoms. The van der Waals surface area contributed by atoms with Crippen LogP contribution >= 0.6 is 23.1 Å². The molecule has 0 saturated heterocycles. The van der Waals surface area contributed by atoms with Crippen LogP contribution in [0, 0.1) is 0 Å². The molecule has 130 valence electrons. The SMILES string of the molecule is O=c1[nH]c(SCCF)nc2scc(-c3ccc(-c4ccccc4)cc3)c12. The number of fused-ring (bicyclic) bond motifs is 1. The Morgan fingerprint density at radius 2 is 1.69 bits per heavy atom. The van der Waals surface area contributed by atoms with Gasteiger partial charge in [0.1, 0.15) is 4.83 Å². The summed E-state index contributed by atoms with van der Waals surface area (Å²) in [5.74, 6) is 0.285. The van der Waals surface area contributed by atoms with Gasteiger partial charge >= 0.3 is 0 Å². The average Bonchev–Trinajstić information content (AvgIpc) is 3.12. The topological polar surface area (TPSA) is 45.8 Å². The molecule has 0 aliphatic heterocycles. The normalized spacial score (nSPS) is 11.1. The maximum atomic E-state index is 12.5. The number of H-pyrrole nitrogens is 1. The van der Waals surface area contributed by atoms with Gasteiger partial charge in [0.05, 0.1) is 12.1 Å². The largest absolute Gasteiger partial charge is 0.301 e. The number of aromatic amines is 1. The number of halogens is 1. The Bertz CT molecular complexity index is 1090. The Morgan fingerprint density at radius 1 is 1.00 bits per heavy atom. The van der Waals surface area contributed by atoms with E-state index in [1.807, 2.05) is 35.7 Å². The van der Waals surface area contributed by atoms with E-state index in [0.29, 0.717) is 15.4 Å². The highest BCUT2D eigenvalue weighted by atomic mass is 32.2. The molecule has 0 unspecified atom stereocenters. The fourth-order valence-electron chi connectivity index (χ4n) is 2.82. The van der Waals surface area contributed by atoms with Crippen molar-refractivity contribution in [3.05, 3.63) is 70.3 Å². The van der Waals surface area contributed by atoms with E-state index in [-0.39, 0.29) is 11.3 Å². The van der Waals surface area contributed by atoms with Crippen molar-refractivity contribution in [2.75, 3.05) is 12.4 Å². The first kappa shape index (κ1) is 17.0. The molecule has 0 spiro atoms. The van der Waals surface area contributed by atoms with Crippen LogP contribution < -0.4 is 5.56 Å². The molecule has 4 rings (SSSR count). The Kier molecular flexibility index (Phi) is 4.86. The lowest BCUT2D eigenvalue weighted by atomic mass is 10.0. The Morgan fingerprint density at radius 3 is 2.42 bits per heavy atom. The number of benzene rings is 2. The summed E-state index contributed by atoms with van der Waals surface area (Å²) in [6.45, 7) is -0.449. The van der Waals surface area contributed by atoms with Crippen LogP contribution in [0.4, 0.5) is 4.39 Å². The lowest BCUT2D eigenvalue weighted by Crippen LogP contribution is -2.08. The number of alkyl halides is 1. The summed E-state index contributed by atoms with van der Waals surface area (Å²) in [6, 6.07) is 18.3. The molecule has 3 nitrogen and oxygen atoms in total. The minimum absolute atomic E-state index is 0.181. The van der Waals surface area contributed by atoms with Crippen molar-refractivity contribution in [2.45, 2.75) is 5.16 Å². The molecule has 2 heterocycles. The first-order chi connectivity index (χ1) is 12.8. The summed E-state index contributed by atoms with van der Waals surface area (Å²) < 4.78 is 12.3. The van der Waals surface area contributed by atoms with E-state index in [1.165, 1.54) is 23.1 Å². The molecule has 0 aliphatic rings. The van der Waals surface area contributed by atoms with Crippen molar-refractivity contribution in [3.63, 3.8) is 0 Å². The number of nitrogens with zero attached hydrogens (tertiary/aromatic N) is 1. The van der Waals surface area contributed by atoms with Gasteiger partial charge in [-0.1, -0.05) is 66.4 Å². The second-order valence-corrected chi connectivity index (χ2v) is 7.62. The summed E-state index contributed by atoms with van der Waals surface area (Å²) in [6.07, 6.45) is 0. The highest BCUT2D eigenvalue weighted by Crippen LogP contribution is 2.32. The molecular weight excluding hydrogens is 367 g/mol. The molecule has 26 heavy (non-hydrogen) atoms. The van der Waals surface area contributed by atoms with Gasteiger partial charge in [0.25, 0.3) is 5.56 Å². The van der Waals surface area contributed by atoms with Crippen LogP contribution in [0.2, 0.25) is 0 Å². The van der Waals surface area contributed by atoms with Gasteiger partial charge in [-0.2, -0.15) is 0 Å². The quantitative estimate of drug-likeness (QED) is 0.372. The Hall–Kier alpha value is -2.44. The van der Waals surface area contributed by atoms with Gasteiger partial charge in [-0.25, -0.2) is 4.98 Å². The smallest absolute Gasteiger partial charge is 0.260 e. The zero-order chi connectivity index (χ0) is 17.9. The number of rotatable bonds is 5. The highest BCUT2D eigenvalue weighted by Gasteiger charge is 2.13. The fourth-order valence-corrected chi connectivity index (χ4v) is 4.42. The van der Waals surface area contributed by atoms with E-state index in [1.54, 1.807) is 0 Å². The third kappa shape index (κ3) is 3.30. The van der Waals surface area contributed by atoms with Crippen LogP contribution in [0.5, 0.6) is 0 Å². The fraction of sp³-hybridized carbons (Fsp3) is 0.100. The molecule has 0 atom stereocenters. The molecule has 4 aromatic rings. The molecule has 0 radical (unpaired) electrons. The van der Waals surface area contributed by atoms with Crippen LogP contribution in [-0.2, 0) is 0 Å². The van der Waals surface area contributed by atoms with Gasteiger partial charge in [0.15, 0.2) is 5.16 Å². The first-order valence-corrected chi connectivity index (χ1v) is 9.99. The van der Waals surface area contributed by atoms with Crippen LogP contribution in [0.3, 0.4) is 0 Å². The third-order valence-corrected chi connectivity index (χ3v) is 5.74. The number of hydrogen-bond donors (Lipinski definition) is 1. The number of thioether (sulfide) groups is 1. The zero-order valence-electron chi connectivity index (χ0n) is 13.7. The summed E-state index contributed by atoms with van der Waals surface area (Å²) in [5.41, 5.74) is 3.96. The van der Waals surface area contributed by atoms with E-state index in [2.05, 4.69) is 34.2 Å². The van der Waals surface area contributed by atoms with E-state index in [0.717, 1.165) is 22.3 Å². The molecule has 0 saturated carbocycles. The average molecular weight is 382 g/mol. The standard InChI is InChI=1S/C20H15FN2OS2/c21-10-11-25-20-22-18(24)17-16(12-26-19(17)23-20)15-8-6-14(7-9-15)13-4-2-1-3-5-13/h1-9,12H,10-11H2,(H,22,23,24). The van der Waals surface area contributed by atoms with Crippen molar-refractivity contribution in [3.8, 4) is 22.3 Å². The van der Waals surface area contributed by atoms with Gasteiger partial charge < -0.3 is 4.98 Å². The maximum Gasteiger partial charge on any atom is 0.260 e. The van der Waals surface area contributed by atoms with Crippen molar-refractivity contribution < 1.29 is 4.39 Å². The van der Waals surface area contributed by atoms with Gasteiger partial charge in [-0.05, 0) is 16.7 Å². The predicted octanol–water partition coefficient (Wildman–Crippen LogP) is 5.38. The zero-order valence-corrected chi connectivity index (χ0v) is 15.4. The molecule has 0 aliphatic carbocycles. The molecule has 2 aromatic carbocycles. The predicted molar refractivity (Wildman–Crippen MR) is 108 cm³/mol. The van der Waals surface area contributed by atoms with Gasteiger partial charge in [-0.3, -0.25) is 9.18 Å². The molecule has 1 N–H and O–H groups in total. The van der Waals surface area contributed by atoms with Crippen molar-refractivity contribution >= 4 is 33.3 Å². The van der Waals surface area contributed by atoms with Crippen LogP contribution in [0.15, 0.2) is 69.9 Å². The van der Waals surface area contributed by atoms with E-state index in [9.17, 15) is 9.18 Å². The summed E-state index contributed by atoms with van der Waals surface area (Å²) in [4.78, 5) is 20.4. The van der Waals surface area contributed by atoms with Crippen molar-refractivity contribution in [1.29, 1.82) is 0 Å². The highest BCUT2D eigenvalue weighted by molar-refractivity contribution is 7.99. The maximum absolute atomic E-state index is 12.5. The number of hydrogen-bond acceptors (Lipinski definition) is 4. The van der Waals surface area contributed by atoms with Crippen LogP contribution in [0.1, 0.15) is 0 Å². The van der Waals surface area contributed by atoms with E-state index < -0.39 is 6.67 Å². The van der Waals surface area contributed by atoms with Gasteiger partial charge in [0.2, 0.25) is 0 Å². The molecule has 2 aromatic heterocycles. The van der Waals surface area contributed by atoms with E-state index >= 15 is 0 Å². The summed E-state index contributed by atoms with van der Waals surface area (Å²) in [5, 5.41) is 3.01. The van der Waals surface area contributed by atoms with E-state index in [4.69, 9.17) is 0 Å². The second kappa shape index (κ2) is 7.43. The number of nitrogens with one attached hydrogen (secondary N) is 1. The second-order valence-electron chi connectivity index (χ2n) is 5.68. The molecular formula is C20H15FN2OS2.